The van der Waals surface area contributed by atoms with E-state index in [0.29, 0.717) is 12.6 Å². The van der Waals surface area contributed by atoms with Crippen LogP contribution in [0.5, 0.6) is 0 Å². The smallest absolute Gasteiger partial charge is 0.304 e. The largest absolute Gasteiger partial charge is 0.406 e. The van der Waals surface area contributed by atoms with Crippen molar-refractivity contribution in [2.45, 2.75) is 98.1 Å². The second kappa shape index (κ2) is 6.21. The molecule has 1 aliphatic heterocycles. The van der Waals surface area contributed by atoms with Crippen molar-refractivity contribution in [1.82, 2.24) is 10.2 Å². The van der Waals surface area contributed by atoms with Crippen molar-refractivity contribution in [3.05, 3.63) is 0 Å². The van der Waals surface area contributed by atoms with E-state index in [9.17, 15) is 13.2 Å². The Kier molecular flexibility index (Phi) is 5.61. The first-order valence-electron chi connectivity index (χ1n) is 8.58. The third-order valence-corrected chi connectivity index (χ3v) is 5.27. The SMILES string of the molecule is C[C@@H]1[C@@H](CNC(C)(C)C(F)(F)F)C[C@@H](C(C)(C)C)N1C(C)(C)C. The first-order chi connectivity index (χ1) is 9.98. The predicted molar refractivity (Wildman–Crippen MR) is 90.5 cm³/mol. The monoisotopic (exact) mass is 336 g/mol. The second-order valence-electron chi connectivity index (χ2n) is 9.70. The van der Waals surface area contributed by atoms with Gasteiger partial charge in [-0.2, -0.15) is 13.2 Å². The van der Waals surface area contributed by atoms with Crippen molar-refractivity contribution in [2.75, 3.05) is 6.54 Å². The molecule has 1 rings (SSSR count). The summed E-state index contributed by atoms with van der Waals surface area (Å²) in [5.41, 5.74) is -1.74. The van der Waals surface area contributed by atoms with Crippen LogP contribution >= 0.6 is 0 Å². The summed E-state index contributed by atoms with van der Waals surface area (Å²) in [5, 5.41) is 2.76. The third-order valence-electron chi connectivity index (χ3n) is 5.27. The first-order valence-corrected chi connectivity index (χ1v) is 8.58. The van der Waals surface area contributed by atoms with E-state index in [1.165, 1.54) is 13.8 Å². The molecule has 0 unspecified atom stereocenters. The zero-order valence-electron chi connectivity index (χ0n) is 16.2. The van der Waals surface area contributed by atoms with Crippen LogP contribution in [-0.4, -0.2) is 40.8 Å². The van der Waals surface area contributed by atoms with E-state index in [4.69, 9.17) is 0 Å². The van der Waals surface area contributed by atoms with Crippen LogP contribution in [0.1, 0.15) is 68.7 Å². The van der Waals surface area contributed by atoms with Crippen molar-refractivity contribution in [3.63, 3.8) is 0 Å². The summed E-state index contributed by atoms with van der Waals surface area (Å²) in [7, 11) is 0. The average Bonchev–Trinajstić information content (AvgIpc) is 2.61. The van der Waals surface area contributed by atoms with Gasteiger partial charge in [-0.05, 0) is 59.3 Å². The molecule has 1 saturated heterocycles. The maximum Gasteiger partial charge on any atom is 0.406 e. The molecular formula is C18H35F3N2. The number of nitrogens with one attached hydrogen (secondary N) is 1. The minimum Gasteiger partial charge on any atom is -0.304 e. The number of hydrogen-bond acceptors (Lipinski definition) is 2. The Balaban J connectivity index is 2.91. The van der Waals surface area contributed by atoms with Crippen molar-refractivity contribution in [3.8, 4) is 0 Å². The number of halogens is 3. The molecule has 138 valence electrons. The molecular weight excluding hydrogens is 301 g/mol. The van der Waals surface area contributed by atoms with E-state index in [2.05, 4.69) is 58.7 Å². The topological polar surface area (TPSA) is 15.3 Å². The Morgan fingerprint density at radius 2 is 1.43 bits per heavy atom. The number of alkyl halides is 3. The van der Waals surface area contributed by atoms with Gasteiger partial charge in [-0.15, -0.1) is 0 Å². The van der Waals surface area contributed by atoms with Gasteiger partial charge in [0.05, 0.1) is 0 Å². The van der Waals surface area contributed by atoms with Crippen LogP contribution in [0.3, 0.4) is 0 Å². The Hall–Kier alpha value is -0.290. The molecule has 0 aromatic heterocycles. The van der Waals surface area contributed by atoms with Crippen molar-refractivity contribution in [1.29, 1.82) is 0 Å². The molecule has 0 saturated carbocycles. The maximum absolute atomic E-state index is 13.1. The maximum atomic E-state index is 13.1. The highest BCUT2D eigenvalue weighted by Gasteiger charge is 2.50. The van der Waals surface area contributed by atoms with Gasteiger partial charge in [-0.1, -0.05) is 20.8 Å². The number of hydrogen-bond donors (Lipinski definition) is 1. The predicted octanol–water partition coefficient (Wildman–Crippen LogP) is 4.84. The van der Waals surface area contributed by atoms with Crippen molar-refractivity contribution >= 4 is 0 Å². The van der Waals surface area contributed by atoms with Crippen LogP contribution < -0.4 is 5.32 Å². The molecule has 0 aromatic rings. The van der Waals surface area contributed by atoms with Gasteiger partial charge in [-0.3, -0.25) is 4.90 Å². The summed E-state index contributed by atoms with van der Waals surface area (Å²) in [4.78, 5) is 2.50. The van der Waals surface area contributed by atoms with E-state index in [-0.39, 0.29) is 22.9 Å². The Morgan fingerprint density at radius 3 is 1.74 bits per heavy atom. The summed E-state index contributed by atoms with van der Waals surface area (Å²) in [5.74, 6) is 0.222. The first kappa shape index (κ1) is 20.8. The fourth-order valence-corrected chi connectivity index (χ4v) is 3.70. The van der Waals surface area contributed by atoms with Gasteiger partial charge in [0, 0.05) is 24.2 Å². The standard InChI is InChI=1S/C18H35F3N2/c1-12-13(11-22-17(8,9)18(19,20)21)10-14(15(2,3)4)23(12)16(5,6)7/h12-14,22H,10-11H2,1-9H3/t12-,13-,14+/m1/s1. The van der Waals surface area contributed by atoms with E-state index >= 15 is 0 Å². The fourth-order valence-electron chi connectivity index (χ4n) is 3.70. The molecule has 1 aliphatic rings. The van der Waals surface area contributed by atoms with Gasteiger partial charge in [0.1, 0.15) is 5.54 Å². The lowest BCUT2D eigenvalue weighted by Gasteiger charge is -2.45. The summed E-state index contributed by atoms with van der Waals surface area (Å²) >= 11 is 0. The van der Waals surface area contributed by atoms with Gasteiger partial charge in [0.25, 0.3) is 0 Å². The van der Waals surface area contributed by atoms with Crippen LogP contribution in [0.2, 0.25) is 0 Å². The molecule has 5 heteroatoms. The molecule has 0 radical (unpaired) electrons. The molecule has 1 fully saturated rings. The van der Waals surface area contributed by atoms with Gasteiger partial charge < -0.3 is 5.32 Å². The molecule has 0 spiro atoms. The lowest BCUT2D eigenvalue weighted by Crippen LogP contribution is -2.55. The number of rotatable bonds is 3. The quantitative estimate of drug-likeness (QED) is 0.793. The molecule has 1 heterocycles. The highest BCUT2D eigenvalue weighted by Crippen LogP contribution is 2.43. The molecule has 1 N–H and O–H groups in total. The highest BCUT2D eigenvalue weighted by molar-refractivity contribution is 5.02. The zero-order valence-corrected chi connectivity index (χ0v) is 16.2. The molecule has 0 amide bonds. The van der Waals surface area contributed by atoms with Gasteiger partial charge in [0.2, 0.25) is 0 Å². The summed E-state index contributed by atoms with van der Waals surface area (Å²) in [6.45, 7) is 18.2. The van der Waals surface area contributed by atoms with Crippen molar-refractivity contribution < 1.29 is 13.2 Å². The molecule has 0 aliphatic carbocycles. The van der Waals surface area contributed by atoms with Gasteiger partial charge in [-0.25, -0.2) is 0 Å². The van der Waals surface area contributed by atoms with Crippen molar-refractivity contribution in [2.24, 2.45) is 11.3 Å². The Bertz CT molecular complexity index is 402. The third kappa shape index (κ3) is 4.62. The molecule has 2 nitrogen and oxygen atoms in total. The van der Waals surface area contributed by atoms with Gasteiger partial charge in [0.15, 0.2) is 0 Å². The molecule has 3 atom stereocenters. The molecule has 23 heavy (non-hydrogen) atoms. The fraction of sp³-hybridized carbons (Fsp3) is 1.00. The highest BCUT2D eigenvalue weighted by atomic mass is 19.4. The minimum atomic E-state index is -4.23. The Labute approximate surface area is 140 Å². The van der Waals surface area contributed by atoms with Crippen LogP contribution in [0, 0.1) is 11.3 Å². The minimum absolute atomic E-state index is 0.00561. The summed E-state index contributed by atoms with van der Waals surface area (Å²) < 4.78 is 39.2. The summed E-state index contributed by atoms with van der Waals surface area (Å²) in [6.07, 6.45) is -3.30. The van der Waals surface area contributed by atoms with Crippen LogP contribution in [0.4, 0.5) is 13.2 Å². The lowest BCUT2D eigenvalue weighted by molar-refractivity contribution is -0.186. The van der Waals surface area contributed by atoms with E-state index in [0.717, 1.165) is 6.42 Å². The van der Waals surface area contributed by atoms with E-state index in [1.807, 2.05) is 0 Å². The zero-order chi connectivity index (χ0) is 18.4. The van der Waals surface area contributed by atoms with Gasteiger partial charge >= 0.3 is 6.18 Å². The van der Waals surface area contributed by atoms with Crippen LogP contribution in [0.25, 0.3) is 0 Å². The second-order valence-corrected chi connectivity index (χ2v) is 9.70. The van der Waals surface area contributed by atoms with E-state index < -0.39 is 11.7 Å². The lowest BCUT2D eigenvalue weighted by atomic mass is 9.82. The van der Waals surface area contributed by atoms with Crippen LogP contribution in [-0.2, 0) is 0 Å². The van der Waals surface area contributed by atoms with E-state index in [1.54, 1.807) is 0 Å². The normalized spacial score (nSPS) is 28.4. The number of nitrogens with zero attached hydrogens (tertiary/aromatic N) is 1. The molecule has 0 aromatic carbocycles. The average molecular weight is 336 g/mol. The Morgan fingerprint density at radius 1 is 0.957 bits per heavy atom. The van der Waals surface area contributed by atoms with Crippen LogP contribution in [0.15, 0.2) is 0 Å². The number of likely N-dealkylation sites (tertiary alicyclic amines) is 1. The summed E-state index contributed by atoms with van der Waals surface area (Å²) in [6, 6.07) is 0.633. The molecule has 0 bridgehead atoms.